The number of hydrogen-bond acceptors (Lipinski definition) is 4. The molecule has 5 heterocycles. The second kappa shape index (κ2) is 7.28. The first-order valence-corrected chi connectivity index (χ1v) is 10.4. The molecule has 0 radical (unpaired) electrons. The highest BCUT2D eigenvalue weighted by Crippen LogP contribution is 2.46. The number of fused-ring (bicyclic) bond motifs is 2. The zero-order valence-corrected chi connectivity index (χ0v) is 16.2. The Kier molecular flexibility index (Phi) is 4.66. The van der Waals surface area contributed by atoms with Crippen molar-refractivity contribution >= 4 is 0 Å². The number of hydrogen-bond donors (Lipinski definition) is 0. The minimum absolute atomic E-state index is 0.599. The van der Waals surface area contributed by atoms with Gasteiger partial charge in [0.1, 0.15) is 5.75 Å². The summed E-state index contributed by atoms with van der Waals surface area (Å²) >= 11 is 0. The molecule has 4 aliphatic heterocycles. The number of ether oxygens (including phenoxy) is 1. The van der Waals surface area contributed by atoms with E-state index in [4.69, 9.17) is 4.74 Å². The molecule has 4 aliphatic rings. The van der Waals surface area contributed by atoms with Gasteiger partial charge in [0.2, 0.25) is 0 Å². The summed E-state index contributed by atoms with van der Waals surface area (Å²) in [7, 11) is 1.77. The van der Waals surface area contributed by atoms with Crippen LogP contribution in [0.2, 0.25) is 0 Å². The molecule has 0 aliphatic carbocycles. The summed E-state index contributed by atoms with van der Waals surface area (Å²) in [5.74, 6) is 2.46. The minimum atomic E-state index is 0.599. The van der Waals surface area contributed by atoms with Crippen molar-refractivity contribution in [3.8, 4) is 5.75 Å². The van der Waals surface area contributed by atoms with Gasteiger partial charge in [-0.15, -0.1) is 0 Å². The Morgan fingerprint density at radius 2 is 2.04 bits per heavy atom. The van der Waals surface area contributed by atoms with E-state index in [1.165, 1.54) is 51.0 Å². The highest BCUT2D eigenvalue weighted by molar-refractivity contribution is 5.34. The molecule has 4 saturated heterocycles. The van der Waals surface area contributed by atoms with Crippen LogP contribution >= 0.6 is 0 Å². The van der Waals surface area contributed by atoms with Gasteiger partial charge in [0.05, 0.1) is 13.4 Å². The fraction of sp³-hybridized carbons (Fsp3) is 0.591. The van der Waals surface area contributed by atoms with Crippen molar-refractivity contribution in [3.05, 3.63) is 48.5 Å². The largest absolute Gasteiger partial charge is 0.497 e. The number of aryl methyl sites for hydroxylation is 1. The number of benzene rings is 1. The highest BCUT2D eigenvalue weighted by atomic mass is 16.5. The first-order chi connectivity index (χ1) is 13.3. The quantitative estimate of drug-likeness (QED) is 0.787. The summed E-state index contributed by atoms with van der Waals surface area (Å²) in [6.45, 7) is 6.00. The van der Waals surface area contributed by atoms with Crippen LogP contribution in [0.1, 0.15) is 30.7 Å². The Hall–Kier alpha value is -1.85. The zero-order chi connectivity index (χ0) is 18.2. The molecule has 2 aromatic rings. The number of imidazole rings is 1. The fourth-order valence-corrected chi connectivity index (χ4v) is 5.83. The molecule has 5 nitrogen and oxygen atoms in total. The second-order valence-corrected chi connectivity index (χ2v) is 8.39. The lowest BCUT2D eigenvalue weighted by Crippen LogP contribution is -2.60. The maximum absolute atomic E-state index is 5.51. The van der Waals surface area contributed by atoms with Gasteiger partial charge in [-0.2, -0.15) is 0 Å². The van der Waals surface area contributed by atoms with Crippen LogP contribution in [0.25, 0.3) is 0 Å². The molecule has 0 amide bonds. The van der Waals surface area contributed by atoms with Crippen LogP contribution in [0, 0.1) is 5.92 Å². The van der Waals surface area contributed by atoms with Crippen LogP contribution in [0.3, 0.4) is 0 Å². The molecule has 0 saturated carbocycles. The zero-order valence-electron chi connectivity index (χ0n) is 16.2. The maximum atomic E-state index is 5.51. The van der Waals surface area contributed by atoms with Crippen LogP contribution < -0.4 is 4.74 Å². The normalized spacial score (nSPS) is 32.6. The van der Waals surface area contributed by atoms with E-state index in [0.717, 1.165) is 24.3 Å². The van der Waals surface area contributed by atoms with E-state index in [0.29, 0.717) is 12.0 Å². The van der Waals surface area contributed by atoms with E-state index in [9.17, 15) is 0 Å². The van der Waals surface area contributed by atoms with Gasteiger partial charge < -0.3 is 9.30 Å². The number of nitrogens with zero attached hydrogens (tertiary/aromatic N) is 4. The Bertz CT molecular complexity index is 753. The molecular formula is C22H30N4O. The standard InChI is InChI=1S/C22H30N4O/c1-27-19-5-2-4-18(14-19)20-15-26(10-3-9-24-13-8-23-16-24)21-17-6-11-25(12-7-17)22(20)21/h2,4-5,8,13-14,16-17,20-22H,3,6-7,9-12,15H2,1H3/t20-,21-,22-/m0/s1. The number of aromatic nitrogens is 2. The van der Waals surface area contributed by atoms with E-state index in [1.807, 2.05) is 12.5 Å². The predicted octanol–water partition coefficient (Wildman–Crippen LogP) is 2.84. The van der Waals surface area contributed by atoms with E-state index in [2.05, 4.69) is 49.8 Å². The number of rotatable bonds is 6. The lowest BCUT2D eigenvalue weighted by molar-refractivity contribution is -0.00693. The van der Waals surface area contributed by atoms with Gasteiger partial charge in [0, 0.05) is 50.0 Å². The lowest BCUT2D eigenvalue weighted by atomic mass is 9.75. The first-order valence-electron chi connectivity index (χ1n) is 10.4. The molecule has 1 aromatic heterocycles. The average molecular weight is 367 g/mol. The number of piperidine rings is 3. The summed E-state index contributed by atoms with van der Waals surface area (Å²) in [4.78, 5) is 9.76. The summed E-state index contributed by atoms with van der Waals surface area (Å²) in [6.07, 6.45) is 9.82. The van der Waals surface area contributed by atoms with E-state index < -0.39 is 0 Å². The molecule has 6 rings (SSSR count). The Morgan fingerprint density at radius 3 is 2.81 bits per heavy atom. The smallest absolute Gasteiger partial charge is 0.119 e. The number of methoxy groups -OCH3 is 1. The van der Waals surface area contributed by atoms with Crippen molar-refractivity contribution in [1.82, 2.24) is 19.4 Å². The third-order valence-electron chi connectivity index (χ3n) is 7.04. The van der Waals surface area contributed by atoms with Crippen LogP contribution in [-0.2, 0) is 6.54 Å². The molecule has 3 atom stereocenters. The average Bonchev–Trinajstić information content (AvgIpc) is 3.38. The fourth-order valence-electron chi connectivity index (χ4n) is 5.83. The number of likely N-dealkylation sites (tertiary alicyclic amines) is 1. The molecular weight excluding hydrogens is 336 g/mol. The maximum Gasteiger partial charge on any atom is 0.119 e. The molecule has 2 bridgehead atoms. The molecule has 0 spiro atoms. The summed E-state index contributed by atoms with van der Waals surface area (Å²) in [5, 5.41) is 0. The molecule has 0 unspecified atom stereocenters. The van der Waals surface area contributed by atoms with Gasteiger partial charge in [-0.3, -0.25) is 9.80 Å². The van der Waals surface area contributed by atoms with Crippen molar-refractivity contribution < 1.29 is 4.74 Å². The molecule has 0 N–H and O–H groups in total. The van der Waals surface area contributed by atoms with Crippen LogP contribution in [0.5, 0.6) is 5.75 Å². The van der Waals surface area contributed by atoms with Gasteiger partial charge in [-0.1, -0.05) is 12.1 Å². The SMILES string of the molecule is COc1cccc([C@@H]2CN(CCCn3ccnc3)[C@H]3C4CCN(CC4)[C@@H]23)c1. The summed E-state index contributed by atoms with van der Waals surface area (Å²) < 4.78 is 7.71. The Morgan fingerprint density at radius 1 is 1.15 bits per heavy atom. The van der Waals surface area contributed by atoms with Crippen molar-refractivity contribution in [1.29, 1.82) is 0 Å². The van der Waals surface area contributed by atoms with Crippen LogP contribution in [-0.4, -0.2) is 64.7 Å². The highest BCUT2D eigenvalue weighted by Gasteiger charge is 2.52. The van der Waals surface area contributed by atoms with Crippen LogP contribution in [0.4, 0.5) is 0 Å². The summed E-state index contributed by atoms with van der Waals surface area (Å²) in [5.41, 5.74) is 1.45. The first kappa shape index (κ1) is 17.3. The Labute approximate surface area is 161 Å². The van der Waals surface area contributed by atoms with Crippen molar-refractivity contribution in [3.63, 3.8) is 0 Å². The molecule has 27 heavy (non-hydrogen) atoms. The summed E-state index contributed by atoms with van der Waals surface area (Å²) in [6, 6.07) is 10.2. The molecule has 144 valence electrons. The second-order valence-electron chi connectivity index (χ2n) is 8.39. The van der Waals surface area contributed by atoms with E-state index in [-0.39, 0.29) is 0 Å². The van der Waals surface area contributed by atoms with Gasteiger partial charge in [-0.25, -0.2) is 4.98 Å². The molecule has 4 fully saturated rings. The lowest BCUT2D eigenvalue weighted by Gasteiger charge is -2.51. The van der Waals surface area contributed by atoms with Gasteiger partial charge in [0.25, 0.3) is 0 Å². The Balaban J connectivity index is 1.36. The van der Waals surface area contributed by atoms with Gasteiger partial charge >= 0.3 is 0 Å². The third-order valence-corrected chi connectivity index (χ3v) is 7.04. The monoisotopic (exact) mass is 366 g/mol. The molecule has 1 aromatic carbocycles. The van der Waals surface area contributed by atoms with E-state index >= 15 is 0 Å². The van der Waals surface area contributed by atoms with Gasteiger partial charge in [0.15, 0.2) is 0 Å². The van der Waals surface area contributed by atoms with Crippen molar-refractivity contribution in [2.45, 2.75) is 43.8 Å². The minimum Gasteiger partial charge on any atom is -0.497 e. The van der Waals surface area contributed by atoms with E-state index in [1.54, 1.807) is 7.11 Å². The van der Waals surface area contributed by atoms with Crippen molar-refractivity contribution in [2.24, 2.45) is 5.92 Å². The van der Waals surface area contributed by atoms with Crippen LogP contribution in [0.15, 0.2) is 43.0 Å². The van der Waals surface area contributed by atoms with Crippen molar-refractivity contribution in [2.75, 3.05) is 33.3 Å². The molecule has 5 heteroatoms. The predicted molar refractivity (Wildman–Crippen MR) is 106 cm³/mol. The third kappa shape index (κ3) is 3.17. The van der Waals surface area contributed by atoms with Gasteiger partial charge in [-0.05, 0) is 56.0 Å². The topological polar surface area (TPSA) is 33.5 Å².